The highest BCUT2D eigenvalue weighted by molar-refractivity contribution is 9.10. The molecule has 20 heavy (non-hydrogen) atoms. The molecule has 0 bridgehead atoms. The minimum Gasteiger partial charge on any atom is -0.508 e. The maximum Gasteiger partial charge on any atom is 0.236 e. The molecule has 0 aliphatic carbocycles. The molecule has 102 valence electrons. The lowest BCUT2D eigenvalue weighted by molar-refractivity contribution is -0.122. The van der Waals surface area contributed by atoms with Gasteiger partial charge in [0.25, 0.3) is 0 Å². The summed E-state index contributed by atoms with van der Waals surface area (Å²) in [4.78, 5) is 23.9. The molecule has 0 heterocycles. The summed E-state index contributed by atoms with van der Waals surface area (Å²) in [5.74, 6) is -1.64. The smallest absolute Gasteiger partial charge is 0.236 e. The van der Waals surface area contributed by atoms with Gasteiger partial charge in [0, 0.05) is 10.0 Å². The minimum atomic E-state index is -1.54. The van der Waals surface area contributed by atoms with Crippen molar-refractivity contribution in [3.05, 3.63) is 64.1 Å². The number of carbonyl (C=O) groups excluding carboxylic acids is 2. The van der Waals surface area contributed by atoms with Crippen molar-refractivity contribution in [2.24, 2.45) is 0 Å². The summed E-state index contributed by atoms with van der Waals surface area (Å²) in [7, 11) is 0. The monoisotopic (exact) mass is 334 g/mol. The summed E-state index contributed by atoms with van der Waals surface area (Å²) < 4.78 is 0.792. The molecule has 2 N–H and O–H groups in total. The number of aliphatic hydroxyl groups is 1. The molecule has 0 amide bonds. The van der Waals surface area contributed by atoms with Crippen molar-refractivity contribution in [3.63, 3.8) is 0 Å². The van der Waals surface area contributed by atoms with Crippen LogP contribution in [0.5, 0.6) is 5.75 Å². The number of rotatable bonds is 4. The van der Waals surface area contributed by atoms with E-state index in [2.05, 4.69) is 15.9 Å². The Kier molecular flexibility index (Phi) is 4.32. The van der Waals surface area contributed by atoms with Crippen molar-refractivity contribution >= 4 is 27.5 Å². The third-order valence-electron chi connectivity index (χ3n) is 2.79. The average Bonchev–Trinajstić information content (AvgIpc) is 2.46. The van der Waals surface area contributed by atoms with E-state index in [-0.39, 0.29) is 16.9 Å². The first-order valence-corrected chi connectivity index (χ1v) is 6.59. The summed E-state index contributed by atoms with van der Waals surface area (Å²) >= 11 is 3.23. The molecular formula is C15H11BrO4. The normalized spacial score (nSPS) is 11.9. The molecule has 1 atom stereocenters. The largest absolute Gasteiger partial charge is 0.508 e. The standard InChI is InChI=1S/C15H11BrO4/c16-11-5-1-9(2-6-11)13(18)15(20)14(19)10-3-7-12(17)8-4-10/h1-8,14,17,19H. The highest BCUT2D eigenvalue weighted by Crippen LogP contribution is 2.20. The van der Waals surface area contributed by atoms with Gasteiger partial charge in [-0.1, -0.05) is 28.1 Å². The van der Waals surface area contributed by atoms with Gasteiger partial charge in [0.2, 0.25) is 11.6 Å². The summed E-state index contributed by atoms with van der Waals surface area (Å²) in [6.07, 6.45) is -1.54. The highest BCUT2D eigenvalue weighted by atomic mass is 79.9. The number of ketones is 2. The molecule has 0 radical (unpaired) electrons. The second kappa shape index (κ2) is 5.98. The Bertz CT molecular complexity index is 632. The predicted molar refractivity (Wildman–Crippen MR) is 76.5 cm³/mol. The third kappa shape index (κ3) is 3.12. The van der Waals surface area contributed by atoms with Gasteiger partial charge in [-0.3, -0.25) is 9.59 Å². The lowest BCUT2D eigenvalue weighted by atomic mass is 9.99. The number of carbonyl (C=O) groups is 2. The second-order valence-corrected chi connectivity index (χ2v) is 5.11. The van der Waals surface area contributed by atoms with Crippen LogP contribution in [0.1, 0.15) is 22.0 Å². The molecule has 0 saturated heterocycles. The quantitative estimate of drug-likeness (QED) is 0.665. The predicted octanol–water partition coefficient (Wildman–Crippen LogP) is 2.64. The number of halogens is 1. The van der Waals surface area contributed by atoms with E-state index >= 15 is 0 Å². The number of aliphatic hydroxyl groups excluding tert-OH is 1. The summed E-state index contributed by atoms with van der Waals surface area (Å²) in [5, 5.41) is 19.1. The van der Waals surface area contributed by atoms with Crippen LogP contribution in [-0.4, -0.2) is 21.8 Å². The lowest BCUT2D eigenvalue weighted by Gasteiger charge is -2.09. The zero-order chi connectivity index (χ0) is 14.7. The van der Waals surface area contributed by atoms with Crippen molar-refractivity contribution in [1.82, 2.24) is 0 Å². The van der Waals surface area contributed by atoms with Gasteiger partial charge in [0.15, 0.2) is 0 Å². The fourth-order valence-electron chi connectivity index (χ4n) is 1.68. The number of aromatic hydroxyl groups is 1. The first-order chi connectivity index (χ1) is 9.49. The Morgan fingerprint density at radius 1 is 0.950 bits per heavy atom. The summed E-state index contributed by atoms with van der Waals surface area (Å²) in [6.45, 7) is 0. The van der Waals surface area contributed by atoms with E-state index in [0.717, 1.165) is 4.47 Å². The number of hydrogen-bond acceptors (Lipinski definition) is 4. The molecule has 0 aromatic heterocycles. The zero-order valence-corrected chi connectivity index (χ0v) is 11.9. The first-order valence-electron chi connectivity index (χ1n) is 5.80. The topological polar surface area (TPSA) is 74.6 Å². The first kappa shape index (κ1) is 14.4. The molecular weight excluding hydrogens is 324 g/mol. The molecule has 4 nitrogen and oxygen atoms in total. The van der Waals surface area contributed by atoms with Gasteiger partial charge >= 0.3 is 0 Å². The molecule has 2 aromatic carbocycles. The molecule has 0 fully saturated rings. The van der Waals surface area contributed by atoms with Crippen molar-refractivity contribution in [3.8, 4) is 5.75 Å². The van der Waals surface area contributed by atoms with Crippen LogP contribution in [0.2, 0.25) is 0 Å². The third-order valence-corrected chi connectivity index (χ3v) is 3.32. The number of benzene rings is 2. The van der Waals surface area contributed by atoms with Crippen molar-refractivity contribution in [2.75, 3.05) is 0 Å². The van der Waals surface area contributed by atoms with Crippen LogP contribution in [0.4, 0.5) is 0 Å². The molecule has 2 aromatic rings. The van der Waals surface area contributed by atoms with Gasteiger partial charge in [-0.25, -0.2) is 0 Å². The SMILES string of the molecule is O=C(C(=O)C(O)c1ccc(O)cc1)c1ccc(Br)cc1. The van der Waals surface area contributed by atoms with E-state index in [1.807, 2.05) is 0 Å². The Morgan fingerprint density at radius 2 is 1.50 bits per heavy atom. The van der Waals surface area contributed by atoms with E-state index in [0.29, 0.717) is 0 Å². The molecule has 5 heteroatoms. The second-order valence-electron chi connectivity index (χ2n) is 4.19. The van der Waals surface area contributed by atoms with Crippen molar-refractivity contribution in [2.45, 2.75) is 6.10 Å². The maximum absolute atomic E-state index is 12.0. The molecule has 0 aliphatic heterocycles. The fourth-order valence-corrected chi connectivity index (χ4v) is 1.94. The van der Waals surface area contributed by atoms with Crippen molar-refractivity contribution in [1.29, 1.82) is 0 Å². The van der Waals surface area contributed by atoms with E-state index in [4.69, 9.17) is 5.11 Å². The van der Waals surface area contributed by atoms with E-state index in [9.17, 15) is 14.7 Å². The van der Waals surface area contributed by atoms with Crippen LogP contribution in [0, 0.1) is 0 Å². The molecule has 0 spiro atoms. The van der Waals surface area contributed by atoms with E-state index < -0.39 is 17.7 Å². The Balaban J connectivity index is 2.20. The highest BCUT2D eigenvalue weighted by Gasteiger charge is 2.25. The summed E-state index contributed by atoms with van der Waals surface area (Å²) in [5.41, 5.74) is 0.481. The van der Waals surface area contributed by atoms with Crippen LogP contribution in [0.15, 0.2) is 53.0 Å². The number of Topliss-reactive ketones (excluding diaryl/α,β-unsaturated/α-hetero) is 2. The van der Waals surface area contributed by atoms with Crippen LogP contribution < -0.4 is 0 Å². The van der Waals surface area contributed by atoms with E-state index in [1.54, 1.807) is 12.1 Å². The minimum absolute atomic E-state index is 0.0210. The number of hydrogen-bond donors (Lipinski definition) is 2. The number of phenols is 1. The Hall–Kier alpha value is -1.98. The van der Waals surface area contributed by atoms with Crippen LogP contribution >= 0.6 is 15.9 Å². The summed E-state index contributed by atoms with van der Waals surface area (Å²) in [6, 6.07) is 11.8. The van der Waals surface area contributed by atoms with Gasteiger partial charge in [-0.2, -0.15) is 0 Å². The molecule has 1 unspecified atom stereocenters. The van der Waals surface area contributed by atoms with E-state index in [1.165, 1.54) is 36.4 Å². The molecule has 2 rings (SSSR count). The zero-order valence-electron chi connectivity index (χ0n) is 10.3. The van der Waals surface area contributed by atoms with Gasteiger partial charge in [-0.15, -0.1) is 0 Å². The number of phenolic OH excluding ortho intramolecular Hbond substituents is 1. The average molecular weight is 335 g/mol. The fraction of sp³-hybridized carbons (Fsp3) is 0.0667. The van der Waals surface area contributed by atoms with Crippen LogP contribution in [-0.2, 0) is 4.79 Å². The Labute approximate surface area is 123 Å². The van der Waals surface area contributed by atoms with Crippen LogP contribution in [0.3, 0.4) is 0 Å². The Morgan fingerprint density at radius 3 is 2.05 bits per heavy atom. The maximum atomic E-state index is 12.0. The van der Waals surface area contributed by atoms with Gasteiger partial charge < -0.3 is 10.2 Å². The van der Waals surface area contributed by atoms with Gasteiger partial charge in [-0.05, 0) is 42.0 Å². The molecule has 0 saturated carbocycles. The molecule has 0 aliphatic rings. The lowest BCUT2D eigenvalue weighted by Crippen LogP contribution is -2.22. The van der Waals surface area contributed by atoms with Gasteiger partial charge in [0.1, 0.15) is 11.9 Å². The van der Waals surface area contributed by atoms with Crippen LogP contribution in [0.25, 0.3) is 0 Å². The van der Waals surface area contributed by atoms with Crippen molar-refractivity contribution < 1.29 is 19.8 Å². The van der Waals surface area contributed by atoms with Gasteiger partial charge in [0.05, 0.1) is 0 Å².